The molecule has 0 aliphatic carbocycles. The molecule has 5 N–H and O–H groups in total. The van der Waals surface area contributed by atoms with Crippen molar-refractivity contribution in [2.24, 2.45) is 5.73 Å². The quantitative estimate of drug-likeness (QED) is 0.374. The standard InChI is InChI=1S/C25H29FN4O4S/c1-25(2,33)15-6-7-16(18(26)12-15)21-13-17(23(27)32)24(35-21)29-22-5-3-4-19(28-22)20(14-31)30-8-10-34-11-9-30/h3-7,12-13,20,31,33H,8-11,14H2,1-2H3,(H2,27,32)(H,28,29)/t20-/m1/s1. The highest BCUT2D eigenvalue weighted by Gasteiger charge is 2.24. The second-order valence-corrected chi connectivity index (χ2v) is 9.94. The van der Waals surface area contributed by atoms with Gasteiger partial charge in [0.2, 0.25) is 0 Å². The molecule has 1 atom stereocenters. The molecule has 1 amide bonds. The largest absolute Gasteiger partial charge is 0.394 e. The number of amides is 1. The minimum absolute atomic E-state index is 0.0912. The maximum absolute atomic E-state index is 14.9. The first-order valence-electron chi connectivity index (χ1n) is 11.3. The number of benzene rings is 1. The number of primary amides is 1. The van der Waals surface area contributed by atoms with Gasteiger partial charge in [0.15, 0.2) is 0 Å². The molecular formula is C25H29FN4O4S. The van der Waals surface area contributed by atoms with E-state index in [9.17, 15) is 19.4 Å². The lowest BCUT2D eigenvalue weighted by molar-refractivity contribution is 0.00158. The number of aliphatic hydroxyl groups is 2. The number of anilines is 2. The molecule has 0 unspecified atom stereocenters. The van der Waals surface area contributed by atoms with Crippen molar-refractivity contribution in [2.45, 2.75) is 25.5 Å². The third kappa shape index (κ3) is 5.68. The molecule has 1 saturated heterocycles. The van der Waals surface area contributed by atoms with E-state index in [4.69, 9.17) is 10.5 Å². The molecule has 8 nitrogen and oxygen atoms in total. The first kappa shape index (κ1) is 25.2. The van der Waals surface area contributed by atoms with Crippen molar-refractivity contribution < 1.29 is 24.1 Å². The second-order valence-electron chi connectivity index (χ2n) is 8.89. The van der Waals surface area contributed by atoms with Crippen molar-refractivity contribution in [3.05, 3.63) is 65.1 Å². The zero-order chi connectivity index (χ0) is 25.2. The fourth-order valence-corrected chi connectivity index (χ4v) is 5.10. The van der Waals surface area contributed by atoms with Gasteiger partial charge in [-0.25, -0.2) is 9.37 Å². The average Bonchev–Trinajstić information content (AvgIpc) is 3.23. The van der Waals surface area contributed by atoms with Gasteiger partial charge in [-0.3, -0.25) is 9.69 Å². The van der Waals surface area contributed by atoms with Gasteiger partial charge in [-0.05, 0) is 43.7 Å². The van der Waals surface area contributed by atoms with Crippen LogP contribution in [-0.4, -0.2) is 58.9 Å². The van der Waals surface area contributed by atoms with Crippen LogP contribution in [0, 0.1) is 5.82 Å². The molecule has 3 heterocycles. The summed E-state index contributed by atoms with van der Waals surface area (Å²) in [6, 6.07) is 11.2. The molecule has 4 rings (SSSR count). The fourth-order valence-electron chi connectivity index (χ4n) is 4.00. The van der Waals surface area contributed by atoms with Crippen molar-refractivity contribution >= 4 is 28.1 Å². The smallest absolute Gasteiger partial charge is 0.251 e. The summed E-state index contributed by atoms with van der Waals surface area (Å²) >= 11 is 1.18. The van der Waals surface area contributed by atoms with Gasteiger partial charge in [-0.15, -0.1) is 11.3 Å². The summed E-state index contributed by atoms with van der Waals surface area (Å²) < 4.78 is 20.3. The number of halogens is 1. The summed E-state index contributed by atoms with van der Waals surface area (Å²) in [6.07, 6.45) is 0. The Morgan fingerprint density at radius 2 is 2.03 bits per heavy atom. The number of hydrogen-bond acceptors (Lipinski definition) is 8. The Morgan fingerprint density at radius 1 is 1.29 bits per heavy atom. The molecule has 3 aromatic rings. The lowest BCUT2D eigenvalue weighted by Crippen LogP contribution is -2.40. The molecule has 0 bridgehead atoms. The van der Waals surface area contributed by atoms with E-state index in [1.807, 2.05) is 12.1 Å². The molecule has 1 aliphatic heterocycles. The normalized spacial score (nSPS) is 15.7. The van der Waals surface area contributed by atoms with Gasteiger partial charge in [0.1, 0.15) is 16.6 Å². The molecule has 10 heteroatoms. The summed E-state index contributed by atoms with van der Waals surface area (Å²) in [6.45, 7) is 5.67. The van der Waals surface area contributed by atoms with Crippen LogP contribution in [0.4, 0.5) is 15.2 Å². The molecule has 186 valence electrons. The van der Waals surface area contributed by atoms with Crippen LogP contribution >= 0.6 is 11.3 Å². The number of hydrogen-bond donors (Lipinski definition) is 4. The molecule has 1 fully saturated rings. The lowest BCUT2D eigenvalue weighted by Gasteiger charge is -2.33. The van der Waals surface area contributed by atoms with Gasteiger partial charge in [-0.2, -0.15) is 0 Å². The highest BCUT2D eigenvalue weighted by atomic mass is 32.1. The Hall–Kier alpha value is -2.89. The van der Waals surface area contributed by atoms with Crippen LogP contribution in [0.5, 0.6) is 0 Å². The highest BCUT2D eigenvalue weighted by Crippen LogP contribution is 2.39. The van der Waals surface area contributed by atoms with Crippen LogP contribution in [0.15, 0.2) is 42.5 Å². The molecule has 2 aromatic heterocycles. The van der Waals surface area contributed by atoms with E-state index in [0.717, 1.165) is 0 Å². The third-order valence-corrected chi connectivity index (χ3v) is 7.04. The molecule has 0 radical (unpaired) electrons. The predicted molar refractivity (Wildman–Crippen MR) is 133 cm³/mol. The van der Waals surface area contributed by atoms with Crippen molar-refractivity contribution in [1.82, 2.24) is 9.88 Å². The Balaban J connectivity index is 1.63. The van der Waals surface area contributed by atoms with E-state index in [2.05, 4.69) is 15.2 Å². The van der Waals surface area contributed by atoms with E-state index in [1.165, 1.54) is 17.4 Å². The molecule has 1 aromatic carbocycles. The number of pyridine rings is 1. The molecule has 0 saturated carbocycles. The van der Waals surface area contributed by atoms with E-state index < -0.39 is 17.3 Å². The topological polar surface area (TPSA) is 121 Å². The zero-order valence-corrected chi connectivity index (χ0v) is 20.4. The van der Waals surface area contributed by atoms with Crippen molar-refractivity contribution in [3.8, 4) is 10.4 Å². The van der Waals surface area contributed by atoms with Gasteiger partial charge in [0, 0.05) is 23.5 Å². The number of ether oxygens (including phenoxy) is 1. The number of thiophene rings is 1. The SMILES string of the molecule is CC(C)(O)c1ccc(-c2cc(C(N)=O)c(Nc3cccc([C@@H](CO)N4CCOCC4)n3)s2)c(F)c1. The van der Waals surface area contributed by atoms with Gasteiger partial charge in [0.05, 0.1) is 42.7 Å². The number of nitrogens with zero attached hydrogens (tertiary/aromatic N) is 2. The summed E-state index contributed by atoms with van der Waals surface area (Å²) in [7, 11) is 0. The van der Waals surface area contributed by atoms with Crippen molar-refractivity contribution in [1.29, 1.82) is 0 Å². The summed E-state index contributed by atoms with van der Waals surface area (Å²) in [5.74, 6) is -0.686. The fraction of sp³-hybridized carbons (Fsp3) is 0.360. The second kappa shape index (κ2) is 10.4. The summed E-state index contributed by atoms with van der Waals surface area (Å²) in [5.41, 5.74) is 6.08. The van der Waals surface area contributed by atoms with Gasteiger partial charge < -0.3 is 26.0 Å². The minimum atomic E-state index is -1.18. The Labute approximate surface area is 207 Å². The van der Waals surface area contributed by atoms with Crippen LogP contribution in [0.2, 0.25) is 0 Å². The average molecular weight is 501 g/mol. The van der Waals surface area contributed by atoms with Gasteiger partial charge >= 0.3 is 0 Å². The zero-order valence-electron chi connectivity index (χ0n) is 19.6. The molecule has 35 heavy (non-hydrogen) atoms. The number of rotatable bonds is 8. The Morgan fingerprint density at radius 3 is 2.66 bits per heavy atom. The third-order valence-electron chi connectivity index (χ3n) is 5.95. The summed E-state index contributed by atoms with van der Waals surface area (Å²) in [5, 5.41) is 23.7. The van der Waals surface area contributed by atoms with Crippen molar-refractivity contribution in [2.75, 3.05) is 38.2 Å². The molecular weight excluding hydrogens is 471 g/mol. The van der Waals surface area contributed by atoms with Crippen LogP contribution in [0.3, 0.4) is 0 Å². The van der Waals surface area contributed by atoms with Crippen LogP contribution < -0.4 is 11.1 Å². The monoisotopic (exact) mass is 500 g/mol. The molecule has 1 aliphatic rings. The van der Waals surface area contributed by atoms with Crippen LogP contribution in [-0.2, 0) is 10.3 Å². The van der Waals surface area contributed by atoms with Gasteiger partial charge in [-0.1, -0.05) is 18.2 Å². The van der Waals surface area contributed by atoms with E-state index in [1.54, 1.807) is 38.1 Å². The number of carbonyl (C=O) groups is 1. The number of carbonyl (C=O) groups excluding carboxylic acids is 1. The lowest BCUT2D eigenvalue weighted by atomic mass is 9.96. The highest BCUT2D eigenvalue weighted by molar-refractivity contribution is 7.19. The number of aliphatic hydroxyl groups excluding tert-OH is 1. The van der Waals surface area contributed by atoms with Crippen LogP contribution in [0.25, 0.3) is 10.4 Å². The Bertz CT molecular complexity index is 1200. The van der Waals surface area contributed by atoms with Crippen LogP contribution in [0.1, 0.15) is 41.5 Å². The van der Waals surface area contributed by atoms with E-state index in [0.29, 0.717) is 58.8 Å². The first-order chi connectivity index (χ1) is 16.7. The van der Waals surface area contributed by atoms with E-state index in [-0.39, 0.29) is 18.2 Å². The number of nitrogens with one attached hydrogen (secondary N) is 1. The summed E-state index contributed by atoms with van der Waals surface area (Å²) in [4.78, 5) is 19.4. The van der Waals surface area contributed by atoms with Crippen molar-refractivity contribution in [3.63, 3.8) is 0 Å². The van der Waals surface area contributed by atoms with E-state index >= 15 is 0 Å². The molecule has 0 spiro atoms. The first-order valence-corrected chi connectivity index (χ1v) is 12.1. The Kier molecular flexibility index (Phi) is 7.48. The maximum atomic E-state index is 14.9. The van der Waals surface area contributed by atoms with Gasteiger partial charge in [0.25, 0.3) is 5.91 Å². The minimum Gasteiger partial charge on any atom is -0.394 e. The number of aromatic nitrogens is 1. The number of nitrogens with two attached hydrogens (primary N) is 1. The maximum Gasteiger partial charge on any atom is 0.251 e. The predicted octanol–water partition coefficient (Wildman–Crippen LogP) is 3.38. The number of morpholine rings is 1.